The maximum Gasteiger partial charge on any atom is 0.338 e. The summed E-state index contributed by atoms with van der Waals surface area (Å²) in [6.07, 6.45) is 3.03. The summed E-state index contributed by atoms with van der Waals surface area (Å²) in [4.78, 5) is 15.5. The van der Waals surface area contributed by atoms with Crippen LogP contribution >= 0.6 is 11.8 Å². The van der Waals surface area contributed by atoms with Crippen molar-refractivity contribution in [3.63, 3.8) is 0 Å². The van der Waals surface area contributed by atoms with Crippen molar-refractivity contribution in [3.05, 3.63) is 24.0 Å². The second-order valence-corrected chi connectivity index (χ2v) is 5.16. The zero-order chi connectivity index (χ0) is 11.4. The molecule has 1 aromatic rings. The smallest absolute Gasteiger partial charge is 0.338 e. The maximum absolute atomic E-state index is 10.9. The van der Waals surface area contributed by atoms with Gasteiger partial charge in [0, 0.05) is 22.5 Å². The fraction of sp³-hybridized carbons (Fsp3) is 0.455. The highest BCUT2D eigenvalue weighted by molar-refractivity contribution is 8.00. The predicted molar refractivity (Wildman–Crippen MR) is 61.4 cm³/mol. The van der Waals surface area contributed by atoms with Crippen LogP contribution in [0.3, 0.4) is 0 Å². The van der Waals surface area contributed by atoms with Crippen molar-refractivity contribution in [1.82, 2.24) is 4.98 Å². The van der Waals surface area contributed by atoms with E-state index in [9.17, 15) is 4.79 Å². The molecule has 0 saturated carbocycles. The van der Waals surface area contributed by atoms with Gasteiger partial charge < -0.3 is 5.11 Å². The summed E-state index contributed by atoms with van der Waals surface area (Å²) >= 11 is 1.59. The molecule has 0 amide bonds. The molecule has 1 unspecified atom stereocenters. The van der Waals surface area contributed by atoms with Gasteiger partial charge in [-0.3, -0.25) is 4.98 Å². The molecule has 1 atom stereocenters. The van der Waals surface area contributed by atoms with Crippen molar-refractivity contribution in [2.45, 2.75) is 30.9 Å². The molecular formula is C11H15NO2S. The first-order chi connectivity index (χ1) is 7.02. The van der Waals surface area contributed by atoms with Gasteiger partial charge in [-0.15, -0.1) is 11.8 Å². The van der Waals surface area contributed by atoms with Crippen molar-refractivity contribution in [1.29, 1.82) is 0 Å². The lowest BCUT2D eigenvalue weighted by atomic mass is 10.2. The van der Waals surface area contributed by atoms with Gasteiger partial charge in [0.05, 0.1) is 5.56 Å². The monoisotopic (exact) mass is 225 g/mol. The molecule has 15 heavy (non-hydrogen) atoms. The van der Waals surface area contributed by atoms with E-state index in [0.29, 0.717) is 11.2 Å². The highest BCUT2D eigenvalue weighted by Crippen LogP contribution is 2.29. The molecule has 0 aliphatic heterocycles. The summed E-state index contributed by atoms with van der Waals surface area (Å²) < 4.78 is 0. The molecule has 0 aromatic carbocycles. The number of carbonyl (C=O) groups is 1. The van der Waals surface area contributed by atoms with Crippen LogP contribution in [0.5, 0.6) is 0 Å². The fourth-order valence-corrected chi connectivity index (χ4v) is 2.06. The molecule has 0 radical (unpaired) electrons. The number of aromatic nitrogens is 1. The number of aromatic carboxylic acids is 1. The molecule has 0 saturated heterocycles. The number of hydrogen-bond acceptors (Lipinski definition) is 3. The van der Waals surface area contributed by atoms with Gasteiger partial charge in [-0.1, -0.05) is 20.8 Å². The Labute approximate surface area is 93.9 Å². The van der Waals surface area contributed by atoms with E-state index in [2.05, 4.69) is 25.8 Å². The first-order valence-electron chi connectivity index (χ1n) is 4.86. The molecule has 82 valence electrons. The van der Waals surface area contributed by atoms with Crippen LogP contribution in [0.1, 0.15) is 31.1 Å². The largest absolute Gasteiger partial charge is 0.478 e. The van der Waals surface area contributed by atoms with Gasteiger partial charge in [0.15, 0.2) is 0 Å². The lowest BCUT2D eigenvalue weighted by Crippen LogP contribution is -2.07. The highest BCUT2D eigenvalue weighted by Gasteiger charge is 2.15. The van der Waals surface area contributed by atoms with Gasteiger partial charge in [0.2, 0.25) is 0 Å². The fourth-order valence-electron chi connectivity index (χ4n) is 0.981. The van der Waals surface area contributed by atoms with E-state index in [0.717, 1.165) is 4.90 Å². The van der Waals surface area contributed by atoms with E-state index < -0.39 is 5.97 Å². The van der Waals surface area contributed by atoms with E-state index in [1.807, 2.05) is 0 Å². The SMILES string of the molecule is CC(C)C(C)Sc1ccncc1C(=O)O. The quantitative estimate of drug-likeness (QED) is 0.800. The number of rotatable bonds is 4. The van der Waals surface area contributed by atoms with Crippen molar-refractivity contribution in [2.24, 2.45) is 5.92 Å². The topological polar surface area (TPSA) is 50.2 Å². The van der Waals surface area contributed by atoms with Crippen LogP contribution in [-0.4, -0.2) is 21.3 Å². The van der Waals surface area contributed by atoms with Crippen molar-refractivity contribution in [2.75, 3.05) is 0 Å². The van der Waals surface area contributed by atoms with Crippen molar-refractivity contribution in [3.8, 4) is 0 Å². The molecule has 4 heteroatoms. The maximum atomic E-state index is 10.9. The number of nitrogens with zero attached hydrogens (tertiary/aromatic N) is 1. The molecule has 0 aliphatic rings. The Hall–Kier alpha value is -1.03. The normalized spacial score (nSPS) is 12.8. The molecule has 3 nitrogen and oxygen atoms in total. The molecule has 1 aromatic heterocycles. The zero-order valence-corrected chi connectivity index (χ0v) is 9.91. The van der Waals surface area contributed by atoms with E-state index in [4.69, 9.17) is 5.11 Å². The summed E-state index contributed by atoms with van der Waals surface area (Å²) in [5, 5.41) is 9.36. The van der Waals surface area contributed by atoms with Gasteiger partial charge in [-0.05, 0) is 12.0 Å². The Balaban J connectivity index is 2.89. The minimum Gasteiger partial charge on any atom is -0.478 e. The van der Waals surface area contributed by atoms with Gasteiger partial charge in [-0.2, -0.15) is 0 Å². The van der Waals surface area contributed by atoms with Crippen LogP contribution in [0.2, 0.25) is 0 Å². The molecule has 1 heterocycles. The van der Waals surface area contributed by atoms with Gasteiger partial charge in [0.25, 0.3) is 0 Å². The second kappa shape index (κ2) is 5.16. The average molecular weight is 225 g/mol. The standard InChI is InChI=1S/C11H15NO2S/c1-7(2)8(3)15-10-4-5-12-6-9(10)11(13)14/h4-8H,1-3H3,(H,13,14). The number of pyridine rings is 1. The van der Waals surface area contributed by atoms with Crippen LogP contribution in [0, 0.1) is 5.92 Å². The van der Waals surface area contributed by atoms with E-state index in [-0.39, 0.29) is 5.56 Å². The lowest BCUT2D eigenvalue weighted by molar-refractivity contribution is 0.0692. The van der Waals surface area contributed by atoms with Crippen LogP contribution < -0.4 is 0 Å². The Kier molecular flexibility index (Phi) is 4.15. The minimum absolute atomic E-state index is 0.287. The zero-order valence-electron chi connectivity index (χ0n) is 9.10. The van der Waals surface area contributed by atoms with Gasteiger partial charge in [-0.25, -0.2) is 4.79 Å². The van der Waals surface area contributed by atoms with Gasteiger partial charge >= 0.3 is 5.97 Å². The highest BCUT2D eigenvalue weighted by atomic mass is 32.2. The average Bonchev–Trinajstić information content (AvgIpc) is 2.18. The third-order valence-electron chi connectivity index (χ3n) is 2.26. The number of carboxylic acid groups (broad SMARTS) is 1. The van der Waals surface area contributed by atoms with E-state index in [1.165, 1.54) is 6.20 Å². The number of hydrogen-bond donors (Lipinski definition) is 1. The molecule has 0 bridgehead atoms. The summed E-state index contributed by atoms with van der Waals surface area (Å²) in [6, 6.07) is 1.76. The Morgan fingerprint density at radius 2 is 2.13 bits per heavy atom. The molecular weight excluding hydrogens is 210 g/mol. The molecule has 1 rings (SSSR count). The minimum atomic E-state index is -0.915. The summed E-state index contributed by atoms with van der Waals surface area (Å²) in [6.45, 7) is 6.35. The van der Waals surface area contributed by atoms with Gasteiger partial charge in [0.1, 0.15) is 0 Å². The number of thioether (sulfide) groups is 1. The van der Waals surface area contributed by atoms with Crippen LogP contribution in [-0.2, 0) is 0 Å². The predicted octanol–water partition coefficient (Wildman–Crippen LogP) is 2.92. The Bertz CT molecular complexity index is 352. The third kappa shape index (κ3) is 3.23. The first kappa shape index (κ1) is 12.0. The van der Waals surface area contributed by atoms with Crippen LogP contribution in [0.25, 0.3) is 0 Å². The van der Waals surface area contributed by atoms with Crippen LogP contribution in [0.15, 0.2) is 23.4 Å². The van der Waals surface area contributed by atoms with Crippen molar-refractivity contribution < 1.29 is 9.90 Å². The molecule has 1 N–H and O–H groups in total. The first-order valence-corrected chi connectivity index (χ1v) is 5.74. The number of carboxylic acids is 1. The Morgan fingerprint density at radius 3 is 2.67 bits per heavy atom. The summed E-state index contributed by atoms with van der Waals surface area (Å²) in [7, 11) is 0. The van der Waals surface area contributed by atoms with E-state index in [1.54, 1.807) is 24.0 Å². The molecule has 0 aliphatic carbocycles. The summed E-state index contributed by atoms with van der Waals surface area (Å²) in [5.74, 6) is -0.397. The second-order valence-electron chi connectivity index (χ2n) is 3.74. The Morgan fingerprint density at radius 1 is 1.47 bits per heavy atom. The molecule has 0 spiro atoms. The molecule has 0 fully saturated rings. The summed E-state index contributed by atoms with van der Waals surface area (Å²) in [5.41, 5.74) is 0.287. The van der Waals surface area contributed by atoms with Crippen molar-refractivity contribution >= 4 is 17.7 Å². The third-order valence-corrected chi connectivity index (χ3v) is 3.79. The van der Waals surface area contributed by atoms with Crippen LogP contribution in [0.4, 0.5) is 0 Å². The van der Waals surface area contributed by atoms with E-state index >= 15 is 0 Å². The lowest BCUT2D eigenvalue weighted by Gasteiger charge is -2.15.